The summed E-state index contributed by atoms with van der Waals surface area (Å²) in [6, 6.07) is 8.02. The number of nitrogens with zero attached hydrogens (tertiary/aromatic N) is 2. The average molecular weight is 397 g/mol. The van der Waals surface area contributed by atoms with E-state index >= 15 is 0 Å². The van der Waals surface area contributed by atoms with Gasteiger partial charge >= 0.3 is 0 Å². The van der Waals surface area contributed by atoms with Gasteiger partial charge in [-0.15, -0.1) is 0 Å². The monoisotopic (exact) mass is 396 g/mol. The molecule has 0 radical (unpaired) electrons. The predicted molar refractivity (Wildman–Crippen MR) is 112 cm³/mol. The summed E-state index contributed by atoms with van der Waals surface area (Å²) in [5.74, 6) is 3.30. The van der Waals surface area contributed by atoms with E-state index in [1.54, 1.807) is 0 Å². The van der Waals surface area contributed by atoms with Crippen LogP contribution in [0.2, 0.25) is 5.02 Å². The van der Waals surface area contributed by atoms with E-state index in [0.29, 0.717) is 0 Å². The van der Waals surface area contributed by atoms with Crippen molar-refractivity contribution in [2.45, 2.75) is 18.4 Å². The fraction of sp³-hybridized carbons (Fsp3) is 0.632. The molecule has 2 saturated heterocycles. The Hall–Kier alpha value is -0.950. The van der Waals surface area contributed by atoms with E-state index in [-0.39, 0.29) is 5.54 Å². The highest BCUT2D eigenvalue weighted by atomic mass is 35.5. The second kappa shape index (κ2) is 9.83. The molecule has 1 atom stereocenters. The van der Waals surface area contributed by atoms with Gasteiger partial charge in [0, 0.05) is 49.5 Å². The van der Waals surface area contributed by atoms with Crippen LogP contribution in [0.5, 0.6) is 0 Å². The van der Waals surface area contributed by atoms with Gasteiger partial charge < -0.3 is 15.4 Å². The number of guanidine groups is 1. The molecule has 1 aromatic carbocycles. The first kappa shape index (κ1) is 19.8. The van der Waals surface area contributed by atoms with E-state index in [1.165, 1.54) is 23.5 Å². The van der Waals surface area contributed by atoms with Crippen LogP contribution in [0.25, 0.3) is 0 Å². The minimum atomic E-state index is 0.224. The van der Waals surface area contributed by atoms with E-state index in [9.17, 15) is 0 Å². The lowest BCUT2D eigenvalue weighted by atomic mass is 9.95. The van der Waals surface area contributed by atoms with Gasteiger partial charge in [0.2, 0.25) is 0 Å². The number of thioether (sulfide) groups is 1. The number of ether oxygens (including phenoxy) is 1. The maximum atomic E-state index is 5.94. The van der Waals surface area contributed by atoms with Gasteiger partial charge in [0.1, 0.15) is 0 Å². The molecule has 1 aromatic rings. The van der Waals surface area contributed by atoms with Crippen molar-refractivity contribution in [2.75, 3.05) is 57.9 Å². The molecule has 0 aromatic heterocycles. The van der Waals surface area contributed by atoms with Gasteiger partial charge in [0.15, 0.2) is 5.96 Å². The number of nitrogens with one attached hydrogen (secondary N) is 2. The van der Waals surface area contributed by atoms with E-state index in [0.717, 1.165) is 56.8 Å². The fourth-order valence-corrected chi connectivity index (χ4v) is 5.18. The number of benzene rings is 1. The van der Waals surface area contributed by atoms with Gasteiger partial charge in [-0.1, -0.05) is 23.7 Å². The minimum Gasteiger partial charge on any atom is -0.379 e. The normalized spacial score (nSPS) is 24.6. The molecule has 0 aliphatic carbocycles. The largest absolute Gasteiger partial charge is 0.379 e. The standard InChI is InChI=1S/C19H29ClN4OS/c1-21-18(22-8-6-16-2-4-17(20)5-3-16)23-14-19(7-13-26-15-19)24-9-11-25-12-10-24/h2-5H,6-15H2,1H3,(H2,21,22,23). The van der Waals surface area contributed by atoms with E-state index < -0.39 is 0 Å². The van der Waals surface area contributed by atoms with Gasteiger partial charge in [0.05, 0.1) is 13.2 Å². The second-order valence-electron chi connectivity index (χ2n) is 6.86. The fourth-order valence-electron chi connectivity index (χ4n) is 3.58. The molecule has 2 aliphatic rings. The Morgan fingerprint density at radius 3 is 2.69 bits per heavy atom. The molecular weight excluding hydrogens is 368 g/mol. The molecule has 0 saturated carbocycles. The van der Waals surface area contributed by atoms with Gasteiger partial charge in [-0.05, 0) is 36.3 Å². The minimum absolute atomic E-state index is 0.224. The third-order valence-electron chi connectivity index (χ3n) is 5.19. The van der Waals surface area contributed by atoms with Crippen LogP contribution in [0, 0.1) is 0 Å². The van der Waals surface area contributed by atoms with Gasteiger partial charge in [-0.2, -0.15) is 11.8 Å². The molecule has 2 N–H and O–H groups in total. The lowest BCUT2D eigenvalue weighted by Gasteiger charge is -2.43. The summed E-state index contributed by atoms with van der Waals surface area (Å²) < 4.78 is 5.54. The number of aliphatic imine (C=N–C) groups is 1. The average Bonchev–Trinajstić information content (AvgIpc) is 3.17. The Kier molecular flexibility index (Phi) is 7.49. The molecule has 26 heavy (non-hydrogen) atoms. The molecule has 0 amide bonds. The molecule has 7 heteroatoms. The summed E-state index contributed by atoms with van der Waals surface area (Å²) in [4.78, 5) is 7.01. The van der Waals surface area contributed by atoms with Crippen LogP contribution in [-0.2, 0) is 11.2 Å². The zero-order valence-corrected chi connectivity index (χ0v) is 17.0. The number of hydrogen-bond donors (Lipinski definition) is 2. The lowest BCUT2D eigenvalue weighted by Crippen LogP contribution is -2.60. The molecule has 0 spiro atoms. The van der Waals surface area contributed by atoms with Crippen LogP contribution in [0.4, 0.5) is 0 Å². The van der Waals surface area contributed by atoms with Gasteiger partial charge in [-0.3, -0.25) is 9.89 Å². The maximum absolute atomic E-state index is 5.94. The highest BCUT2D eigenvalue weighted by Crippen LogP contribution is 2.33. The molecule has 144 valence electrons. The van der Waals surface area contributed by atoms with Crippen molar-refractivity contribution in [3.05, 3.63) is 34.9 Å². The van der Waals surface area contributed by atoms with Crippen LogP contribution < -0.4 is 10.6 Å². The third-order valence-corrected chi connectivity index (χ3v) is 6.68. The van der Waals surface area contributed by atoms with Crippen molar-refractivity contribution in [1.82, 2.24) is 15.5 Å². The summed E-state index contributed by atoms with van der Waals surface area (Å²) in [7, 11) is 1.84. The Bertz CT molecular complexity index is 584. The van der Waals surface area contributed by atoms with Gasteiger partial charge in [0.25, 0.3) is 0 Å². The van der Waals surface area contributed by atoms with E-state index in [4.69, 9.17) is 16.3 Å². The van der Waals surface area contributed by atoms with Crippen molar-refractivity contribution in [3.8, 4) is 0 Å². The summed E-state index contributed by atoms with van der Waals surface area (Å²) >= 11 is 8.00. The summed E-state index contributed by atoms with van der Waals surface area (Å²) in [5, 5.41) is 7.78. The Morgan fingerprint density at radius 2 is 2.04 bits per heavy atom. The first-order valence-electron chi connectivity index (χ1n) is 9.31. The topological polar surface area (TPSA) is 48.9 Å². The van der Waals surface area contributed by atoms with Crippen molar-refractivity contribution in [3.63, 3.8) is 0 Å². The smallest absolute Gasteiger partial charge is 0.191 e. The number of halogens is 1. The number of rotatable bonds is 6. The van der Waals surface area contributed by atoms with Crippen LogP contribution in [-0.4, -0.2) is 74.3 Å². The molecular formula is C19H29ClN4OS. The Labute approximate surface area is 165 Å². The number of hydrogen-bond acceptors (Lipinski definition) is 4. The van der Waals surface area contributed by atoms with Crippen molar-refractivity contribution >= 4 is 29.3 Å². The third kappa shape index (κ3) is 5.28. The first-order chi connectivity index (χ1) is 12.7. The van der Waals surface area contributed by atoms with Crippen LogP contribution >= 0.6 is 23.4 Å². The summed E-state index contributed by atoms with van der Waals surface area (Å²) in [6.07, 6.45) is 2.18. The Balaban J connectivity index is 1.48. The van der Waals surface area contributed by atoms with Crippen LogP contribution in [0.1, 0.15) is 12.0 Å². The molecule has 3 rings (SSSR count). The van der Waals surface area contributed by atoms with E-state index in [1.807, 2.05) is 19.2 Å². The number of morpholine rings is 1. The summed E-state index contributed by atoms with van der Waals surface area (Å²) in [6.45, 7) is 5.54. The van der Waals surface area contributed by atoms with Crippen molar-refractivity contribution in [1.29, 1.82) is 0 Å². The lowest BCUT2D eigenvalue weighted by molar-refractivity contribution is -0.0120. The Morgan fingerprint density at radius 1 is 1.27 bits per heavy atom. The van der Waals surface area contributed by atoms with Gasteiger partial charge in [-0.25, -0.2) is 0 Å². The highest BCUT2D eigenvalue weighted by Gasteiger charge is 2.40. The molecule has 2 heterocycles. The molecule has 2 fully saturated rings. The van der Waals surface area contributed by atoms with Crippen molar-refractivity contribution in [2.24, 2.45) is 4.99 Å². The van der Waals surface area contributed by atoms with Crippen LogP contribution in [0.15, 0.2) is 29.3 Å². The maximum Gasteiger partial charge on any atom is 0.191 e. The SMILES string of the molecule is CN=C(NCCc1ccc(Cl)cc1)NCC1(N2CCOCC2)CCSC1. The molecule has 1 unspecified atom stereocenters. The van der Waals surface area contributed by atoms with Crippen molar-refractivity contribution < 1.29 is 4.74 Å². The zero-order chi connectivity index (χ0) is 18.2. The second-order valence-corrected chi connectivity index (χ2v) is 8.40. The molecule has 2 aliphatic heterocycles. The van der Waals surface area contributed by atoms with Crippen LogP contribution in [0.3, 0.4) is 0 Å². The quantitative estimate of drug-likeness (QED) is 0.570. The first-order valence-corrected chi connectivity index (χ1v) is 10.8. The zero-order valence-electron chi connectivity index (χ0n) is 15.5. The van der Waals surface area contributed by atoms with E-state index in [2.05, 4.69) is 44.4 Å². The molecule has 5 nitrogen and oxygen atoms in total. The summed E-state index contributed by atoms with van der Waals surface area (Å²) in [5.41, 5.74) is 1.50. The highest BCUT2D eigenvalue weighted by molar-refractivity contribution is 7.99. The molecule has 0 bridgehead atoms. The predicted octanol–water partition coefficient (Wildman–Crippen LogP) is 2.26.